The first-order valence-electron chi connectivity index (χ1n) is 8.27. The third kappa shape index (κ3) is 3.16. The van der Waals surface area contributed by atoms with E-state index in [4.69, 9.17) is 16.3 Å². The molecule has 7 heteroatoms. The molecular formula is C18H22ClN3O3. The summed E-state index contributed by atoms with van der Waals surface area (Å²) < 4.78 is 6.58. The number of rotatable bonds is 5. The van der Waals surface area contributed by atoms with Gasteiger partial charge in [-0.05, 0) is 49.8 Å². The van der Waals surface area contributed by atoms with Crippen LogP contribution in [0.15, 0.2) is 36.9 Å². The lowest BCUT2D eigenvalue weighted by Crippen LogP contribution is -2.54. The van der Waals surface area contributed by atoms with Crippen molar-refractivity contribution in [1.82, 2.24) is 14.8 Å². The van der Waals surface area contributed by atoms with Crippen LogP contribution >= 0.6 is 11.6 Å². The predicted octanol–water partition coefficient (Wildman–Crippen LogP) is 2.49. The van der Waals surface area contributed by atoms with Gasteiger partial charge in [0.15, 0.2) is 0 Å². The van der Waals surface area contributed by atoms with Crippen LogP contribution < -0.4 is 0 Å². The molecule has 1 aromatic carbocycles. The maximum Gasteiger partial charge on any atom is 0.314 e. The second kappa shape index (κ2) is 6.77. The number of hydrogen-bond donors (Lipinski definition) is 1. The number of carbonyl (C=O) groups is 1. The summed E-state index contributed by atoms with van der Waals surface area (Å²) in [6.45, 7) is 1.97. The number of carbonyl (C=O) groups excluding carboxylic acids is 1. The average molecular weight is 364 g/mol. The Morgan fingerprint density at radius 1 is 1.44 bits per heavy atom. The van der Waals surface area contributed by atoms with Gasteiger partial charge >= 0.3 is 5.97 Å². The molecule has 1 aromatic heterocycles. The Balaban J connectivity index is 1.93. The largest absolute Gasteiger partial charge is 0.469 e. The molecular weight excluding hydrogens is 342 g/mol. The van der Waals surface area contributed by atoms with E-state index in [-0.39, 0.29) is 12.5 Å². The van der Waals surface area contributed by atoms with Crippen LogP contribution in [0.5, 0.6) is 0 Å². The van der Waals surface area contributed by atoms with Gasteiger partial charge < -0.3 is 9.84 Å². The number of methoxy groups -OCH3 is 1. The molecule has 0 radical (unpaired) electrons. The molecule has 6 nitrogen and oxygen atoms in total. The van der Waals surface area contributed by atoms with Crippen molar-refractivity contribution in [3.05, 3.63) is 47.5 Å². The van der Waals surface area contributed by atoms with Crippen molar-refractivity contribution in [1.29, 1.82) is 0 Å². The van der Waals surface area contributed by atoms with E-state index >= 15 is 0 Å². The molecule has 1 N–H and O–H groups in total. The zero-order valence-corrected chi connectivity index (χ0v) is 15.1. The van der Waals surface area contributed by atoms with Gasteiger partial charge in [0.05, 0.1) is 19.1 Å². The van der Waals surface area contributed by atoms with Crippen molar-refractivity contribution in [2.45, 2.75) is 38.3 Å². The van der Waals surface area contributed by atoms with E-state index in [1.807, 2.05) is 24.3 Å². The fraction of sp³-hybridized carbons (Fsp3) is 0.500. The maximum atomic E-state index is 12.5. The first-order chi connectivity index (χ1) is 11.9. The quantitative estimate of drug-likeness (QED) is 0.826. The third-order valence-corrected chi connectivity index (χ3v) is 5.78. The van der Waals surface area contributed by atoms with E-state index in [0.717, 1.165) is 12.0 Å². The van der Waals surface area contributed by atoms with Crippen LogP contribution in [-0.2, 0) is 22.5 Å². The van der Waals surface area contributed by atoms with E-state index in [1.54, 1.807) is 17.9 Å². The Morgan fingerprint density at radius 3 is 2.76 bits per heavy atom. The molecule has 25 heavy (non-hydrogen) atoms. The van der Waals surface area contributed by atoms with Gasteiger partial charge in [0.2, 0.25) is 0 Å². The molecule has 134 valence electrons. The van der Waals surface area contributed by atoms with Gasteiger partial charge in [-0.25, -0.2) is 4.98 Å². The summed E-state index contributed by atoms with van der Waals surface area (Å²) in [6.07, 6.45) is 4.90. The molecule has 0 saturated heterocycles. The number of hydrogen-bond acceptors (Lipinski definition) is 5. The van der Waals surface area contributed by atoms with Gasteiger partial charge in [-0.3, -0.25) is 9.48 Å². The van der Waals surface area contributed by atoms with Crippen molar-refractivity contribution in [3.8, 4) is 0 Å². The fourth-order valence-corrected chi connectivity index (χ4v) is 4.04. The van der Waals surface area contributed by atoms with E-state index in [9.17, 15) is 9.90 Å². The molecule has 0 aliphatic heterocycles. The zero-order valence-electron chi connectivity index (χ0n) is 14.4. The first-order valence-corrected chi connectivity index (χ1v) is 8.64. The zero-order chi connectivity index (χ0) is 18.1. The van der Waals surface area contributed by atoms with Crippen molar-refractivity contribution < 1.29 is 14.6 Å². The molecule has 1 saturated carbocycles. The van der Waals surface area contributed by atoms with Crippen molar-refractivity contribution in [2.24, 2.45) is 11.3 Å². The molecule has 3 rings (SSSR count). The number of halogens is 1. The Morgan fingerprint density at radius 2 is 2.16 bits per heavy atom. The molecule has 2 aromatic rings. The van der Waals surface area contributed by atoms with Crippen LogP contribution in [0.2, 0.25) is 5.02 Å². The summed E-state index contributed by atoms with van der Waals surface area (Å²) in [6, 6.07) is 7.57. The van der Waals surface area contributed by atoms with Crippen molar-refractivity contribution in [3.63, 3.8) is 0 Å². The summed E-state index contributed by atoms with van der Waals surface area (Å²) in [5.41, 5.74) is -1.21. The highest BCUT2D eigenvalue weighted by Gasteiger charge is 2.61. The minimum absolute atomic E-state index is 0.109. The summed E-state index contributed by atoms with van der Waals surface area (Å²) >= 11 is 5.96. The SMILES string of the molecule is COC(=O)C1(C)CCC(Cc2ccc(Cl)cc2)C1(O)Cn1cncn1. The lowest BCUT2D eigenvalue weighted by molar-refractivity contribution is -0.173. The molecule has 1 aliphatic carbocycles. The predicted molar refractivity (Wildman–Crippen MR) is 93.0 cm³/mol. The maximum absolute atomic E-state index is 12.5. The van der Waals surface area contributed by atoms with Crippen molar-refractivity contribution >= 4 is 17.6 Å². The summed E-state index contributed by atoms with van der Waals surface area (Å²) in [4.78, 5) is 16.4. The first kappa shape index (κ1) is 17.9. The number of aliphatic hydroxyl groups is 1. The van der Waals surface area contributed by atoms with E-state index in [0.29, 0.717) is 17.9 Å². The molecule has 3 atom stereocenters. The highest BCUT2D eigenvalue weighted by Crippen LogP contribution is 2.52. The van der Waals surface area contributed by atoms with Crippen LogP contribution in [0, 0.1) is 11.3 Å². The number of esters is 1. The molecule has 0 bridgehead atoms. The van der Waals surface area contributed by atoms with Gasteiger partial charge in [0.25, 0.3) is 0 Å². The summed E-state index contributed by atoms with van der Waals surface area (Å²) in [7, 11) is 1.36. The normalized spacial score (nSPS) is 28.9. The van der Waals surface area contributed by atoms with Gasteiger partial charge in [0.1, 0.15) is 18.3 Å². The standard InChI is InChI=1S/C18H22ClN3O3/c1-17(16(23)25-2)8-7-14(9-13-3-5-15(19)6-4-13)18(17,24)10-22-12-20-11-21-22/h3-6,11-12,14,24H,7-10H2,1-2H3. The van der Waals surface area contributed by atoms with Gasteiger partial charge in [-0.1, -0.05) is 23.7 Å². The van der Waals surface area contributed by atoms with E-state index in [1.165, 1.54) is 13.4 Å². The monoisotopic (exact) mass is 363 g/mol. The van der Waals surface area contributed by atoms with Crippen LogP contribution in [0.4, 0.5) is 0 Å². The number of ether oxygens (including phenoxy) is 1. The van der Waals surface area contributed by atoms with Crippen LogP contribution in [0.1, 0.15) is 25.3 Å². The highest BCUT2D eigenvalue weighted by molar-refractivity contribution is 6.30. The molecule has 1 fully saturated rings. The minimum Gasteiger partial charge on any atom is -0.469 e. The van der Waals surface area contributed by atoms with Crippen LogP contribution in [0.3, 0.4) is 0 Å². The van der Waals surface area contributed by atoms with Gasteiger partial charge in [-0.2, -0.15) is 5.10 Å². The topological polar surface area (TPSA) is 77.2 Å². The average Bonchev–Trinajstić information content (AvgIpc) is 3.19. The molecule has 0 amide bonds. The third-order valence-electron chi connectivity index (χ3n) is 5.52. The smallest absolute Gasteiger partial charge is 0.314 e. The number of benzene rings is 1. The number of nitrogens with zero attached hydrogens (tertiary/aromatic N) is 3. The van der Waals surface area contributed by atoms with Crippen molar-refractivity contribution in [2.75, 3.05) is 7.11 Å². The lowest BCUT2D eigenvalue weighted by Gasteiger charge is -2.40. The second-order valence-electron chi connectivity index (χ2n) is 6.91. The summed E-state index contributed by atoms with van der Waals surface area (Å²) in [5, 5.41) is 16.4. The molecule has 3 unspecified atom stereocenters. The minimum atomic E-state index is -1.28. The summed E-state index contributed by atoms with van der Waals surface area (Å²) in [5.74, 6) is -0.504. The van der Waals surface area contributed by atoms with Gasteiger partial charge in [0, 0.05) is 5.02 Å². The molecule has 1 aliphatic rings. The fourth-order valence-electron chi connectivity index (χ4n) is 3.91. The Bertz CT molecular complexity index is 735. The van der Waals surface area contributed by atoms with Crippen LogP contribution in [0.25, 0.3) is 0 Å². The second-order valence-corrected chi connectivity index (χ2v) is 7.34. The number of aromatic nitrogens is 3. The van der Waals surface area contributed by atoms with Gasteiger partial charge in [-0.15, -0.1) is 0 Å². The van der Waals surface area contributed by atoms with Crippen LogP contribution in [-0.4, -0.2) is 38.6 Å². The Hall–Kier alpha value is -1.92. The molecule has 0 spiro atoms. The van der Waals surface area contributed by atoms with E-state index < -0.39 is 17.0 Å². The Kier molecular flexibility index (Phi) is 4.84. The Labute approximate surface area is 151 Å². The molecule has 1 heterocycles. The lowest BCUT2D eigenvalue weighted by atomic mass is 9.71. The van der Waals surface area contributed by atoms with E-state index in [2.05, 4.69) is 10.1 Å². The highest BCUT2D eigenvalue weighted by atomic mass is 35.5.